The van der Waals surface area contributed by atoms with Gasteiger partial charge in [-0.15, -0.1) is 0 Å². The third-order valence-electron chi connectivity index (χ3n) is 4.20. The van der Waals surface area contributed by atoms with Crippen molar-refractivity contribution in [2.45, 2.75) is 0 Å². The van der Waals surface area contributed by atoms with Gasteiger partial charge in [-0.25, -0.2) is 14.8 Å². The van der Waals surface area contributed by atoms with Crippen molar-refractivity contribution in [3.8, 4) is 11.3 Å². The van der Waals surface area contributed by atoms with E-state index in [1.54, 1.807) is 17.0 Å². The van der Waals surface area contributed by atoms with Crippen LogP contribution < -0.4 is 16.4 Å². The standard InChI is InChI=1S/C18H18N6O3/c25-17-15(12-4-2-1-3-5-12)21-16-13(19-17)6-7-14(20-16)22-23-18(26)24-8-10-27-11-9-24/h1-7H,8-11H2,(H,19,25)(H,23,26)(H,20,21,22). The van der Waals surface area contributed by atoms with E-state index in [-0.39, 0.29) is 11.6 Å². The molecule has 0 saturated carbocycles. The number of nitrogens with zero attached hydrogens (tertiary/aromatic N) is 3. The minimum atomic E-state index is -0.281. The van der Waals surface area contributed by atoms with Crippen molar-refractivity contribution >= 4 is 23.0 Å². The Morgan fingerprint density at radius 2 is 1.85 bits per heavy atom. The van der Waals surface area contributed by atoms with E-state index in [9.17, 15) is 9.59 Å². The number of aromatic nitrogens is 3. The fourth-order valence-electron chi connectivity index (χ4n) is 2.79. The Kier molecular flexibility index (Phi) is 4.67. The molecule has 2 amide bonds. The van der Waals surface area contributed by atoms with Crippen LogP contribution in [0.15, 0.2) is 47.3 Å². The van der Waals surface area contributed by atoms with E-state index >= 15 is 0 Å². The molecule has 0 bridgehead atoms. The fourth-order valence-corrected chi connectivity index (χ4v) is 2.79. The van der Waals surface area contributed by atoms with Gasteiger partial charge >= 0.3 is 6.03 Å². The molecule has 138 valence electrons. The van der Waals surface area contributed by atoms with Gasteiger partial charge in [0.05, 0.1) is 18.7 Å². The van der Waals surface area contributed by atoms with Crippen LogP contribution in [0, 0.1) is 0 Å². The number of morpholine rings is 1. The lowest BCUT2D eigenvalue weighted by atomic mass is 10.1. The molecule has 9 nitrogen and oxygen atoms in total. The van der Waals surface area contributed by atoms with Crippen molar-refractivity contribution in [1.29, 1.82) is 0 Å². The number of aromatic amines is 1. The van der Waals surface area contributed by atoms with Crippen LogP contribution in [0.25, 0.3) is 22.4 Å². The van der Waals surface area contributed by atoms with Crippen molar-refractivity contribution < 1.29 is 9.53 Å². The van der Waals surface area contributed by atoms with E-state index in [1.807, 2.05) is 30.3 Å². The van der Waals surface area contributed by atoms with Crippen LogP contribution >= 0.6 is 0 Å². The molecule has 0 unspecified atom stereocenters. The van der Waals surface area contributed by atoms with Gasteiger partial charge in [-0.3, -0.25) is 15.6 Å². The first-order valence-corrected chi connectivity index (χ1v) is 8.56. The molecule has 0 atom stereocenters. The van der Waals surface area contributed by atoms with Gasteiger partial charge in [-0.2, -0.15) is 0 Å². The monoisotopic (exact) mass is 366 g/mol. The number of anilines is 1. The first-order valence-electron chi connectivity index (χ1n) is 8.56. The lowest BCUT2D eigenvalue weighted by Crippen LogP contribution is -2.47. The number of fused-ring (bicyclic) bond motifs is 1. The van der Waals surface area contributed by atoms with E-state index in [1.165, 1.54) is 0 Å². The van der Waals surface area contributed by atoms with E-state index < -0.39 is 0 Å². The number of pyridine rings is 1. The Bertz CT molecular complexity index is 1010. The maximum atomic E-state index is 12.3. The number of carbonyl (C=O) groups is 1. The second-order valence-electron chi connectivity index (χ2n) is 6.00. The molecule has 1 saturated heterocycles. The van der Waals surface area contributed by atoms with Crippen molar-refractivity contribution in [3.05, 3.63) is 52.8 Å². The van der Waals surface area contributed by atoms with Crippen LogP contribution in [-0.4, -0.2) is 52.2 Å². The molecule has 3 N–H and O–H groups in total. The molecule has 0 aliphatic carbocycles. The van der Waals surface area contributed by atoms with Crippen molar-refractivity contribution in [2.24, 2.45) is 0 Å². The van der Waals surface area contributed by atoms with Crippen LogP contribution in [0.4, 0.5) is 10.6 Å². The van der Waals surface area contributed by atoms with Gasteiger partial charge in [-0.05, 0) is 12.1 Å². The number of urea groups is 1. The second-order valence-corrected chi connectivity index (χ2v) is 6.00. The number of nitrogens with one attached hydrogen (secondary N) is 3. The molecule has 4 rings (SSSR count). The normalized spacial score (nSPS) is 14.1. The fraction of sp³-hybridized carbons (Fsp3) is 0.222. The lowest BCUT2D eigenvalue weighted by Gasteiger charge is -2.26. The zero-order valence-corrected chi connectivity index (χ0v) is 14.4. The summed E-state index contributed by atoms with van der Waals surface area (Å²) < 4.78 is 5.23. The average molecular weight is 366 g/mol. The largest absolute Gasteiger partial charge is 0.378 e. The zero-order chi connectivity index (χ0) is 18.6. The number of ether oxygens (including phenoxy) is 1. The van der Waals surface area contributed by atoms with Gasteiger partial charge in [-0.1, -0.05) is 30.3 Å². The van der Waals surface area contributed by atoms with Gasteiger partial charge < -0.3 is 14.6 Å². The van der Waals surface area contributed by atoms with Crippen molar-refractivity contribution in [1.82, 2.24) is 25.3 Å². The van der Waals surface area contributed by atoms with E-state index in [2.05, 4.69) is 25.8 Å². The third-order valence-corrected chi connectivity index (χ3v) is 4.20. The average Bonchev–Trinajstić information content (AvgIpc) is 2.73. The van der Waals surface area contributed by atoms with Gasteiger partial charge in [0, 0.05) is 18.7 Å². The molecule has 0 radical (unpaired) electrons. The number of carbonyl (C=O) groups excluding carboxylic acids is 1. The Balaban J connectivity index is 1.55. The summed E-state index contributed by atoms with van der Waals surface area (Å²) in [7, 11) is 0. The number of benzene rings is 1. The molecule has 2 aromatic heterocycles. The van der Waals surface area contributed by atoms with Gasteiger partial charge in [0.25, 0.3) is 5.56 Å². The van der Waals surface area contributed by atoms with Gasteiger partial charge in [0.1, 0.15) is 11.5 Å². The summed E-state index contributed by atoms with van der Waals surface area (Å²) in [4.78, 5) is 37.6. The summed E-state index contributed by atoms with van der Waals surface area (Å²) in [5.41, 5.74) is 7.01. The molecule has 1 fully saturated rings. The predicted molar refractivity (Wildman–Crippen MR) is 100 cm³/mol. The highest BCUT2D eigenvalue weighted by Crippen LogP contribution is 2.15. The van der Waals surface area contributed by atoms with Crippen molar-refractivity contribution in [2.75, 3.05) is 31.7 Å². The number of hydrazine groups is 1. The molecular weight excluding hydrogens is 348 g/mol. The highest BCUT2D eigenvalue weighted by molar-refractivity contribution is 5.77. The third kappa shape index (κ3) is 3.72. The Morgan fingerprint density at radius 3 is 2.63 bits per heavy atom. The predicted octanol–water partition coefficient (Wildman–Crippen LogP) is 1.35. The van der Waals surface area contributed by atoms with E-state index in [0.29, 0.717) is 54.5 Å². The molecule has 9 heteroatoms. The number of hydrogen-bond donors (Lipinski definition) is 3. The highest BCUT2D eigenvalue weighted by Gasteiger charge is 2.16. The van der Waals surface area contributed by atoms with Crippen molar-refractivity contribution in [3.63, 3.8) is 0 Å². The second kappa shape index (κ2) is 7.42. The minimum Gasteiger partial charge on any atom is -0.378 e. The molecule has 1 aliphatic rings. The van der Waals surface area contributed by atoms with Crippen LogP contribution in [0.2, 0.25) is 0 Å². The number of amides is 2. The maximum Gasteiger partial charge on any atom is 0.336 e. The van der Waals surface area contributed by atoms with Crippen LogP contribution in [-0.2, 0) is 4.74 Å². The smallest absolute Gasteiger partial charge is 0.336 e. The van der Waals surface area contributed by atoms with Crippen LogP contribution in [0.3, 0.4) is 0 Å². The first kappa shape index (κ1) is 17.0. The summed E-state index contributed by atoms with van der Waals surface area (Å²) in [6.07, 6.45) is 0. The number of hydrogen-bond acceptors (Lipinski definition) is 6. The molecule has 1 aromatic carbocycles. The molecule has 3 aromatic rings. The van der Waals surface area contributed by atoms with Gasteiger partial charge in [0.15, 0.2) is 5.65 Å². The van der Waals surface area contributed by atoms with Crippen LogP contribution in [0.1, 0.15) is 0 Å². The molecule has 27 heavy (non-hydrogen) atoms. The number of rotatable bonds is 3. The SMILES string of the molecule is O=C(NNc1ccc2[nH]c(=O)c(-c3ccccc3)nc2n1)N1CCOCC1. The quantitative estimate of drug-likeness (QED) is 0.603. The molecule has 0 spiro atoms. The zero-order valence-electron chi connectivity index (χ0n) is 14.4. The minimum absolute atomic E-state index is 0.250. The van der Waals surface area contributed by atoms with E-state index in [4.69, 9.17) is 4.74 Å². The lowest BCUT2D eigenvalue weighted by molar-refractivity contribution is 0.0536. The summed E-state index contributed by atoms with van der Waals surface area (Å²) in [6.45, 7) is 2.15. The molecule has 3 heterocycles. The Hall–Kier alpha value is -3.46. The molecular formula is C18H18N6O3. The molecule has 1 aliphatic heterocycles. The summed E-state index contributed by atoms with van der Waals surface area (Å²) in [6, 6.07) is 12.3. The summed E-state index contributed by atoms with van der Waals surface area (Å²) in [5, 5.41) is 0. The van der Waals surface area contributed by atoms with Crippen LogP contribution in [0.5, 0.6) is 0 Å². The Labute approximate surface area is 154 Å². The topological polar surface area (TPSA) is 112 Å². The number of H-pyrrole nitrogens is 1. The van der Waals surface area contributed by atoms with Gasteiger partial charge in [0.2, 0.25) is 0 Å². The van der Waals surface area contributed by atoms with E-state index in [0.717, 1.165) is 0 Å². The summed E-state index contributed by atoms with van der Waals surface area (Å²) in [5.74, 6) is 0.419. The first-order chi connectivity index (χ1) is 13.2. The maximum absolute atomic E-state index is 12.3. The Morgan fingerprint density at radius 1 is 1.07 bits per heavy atom. The highest BCUT2D eigenvalue weighted by atomic mass is 16.5. The summed E-state index contributed by atoms with van der Waals surface area (Å²) >= 11 is 0.